The Morgan fingerprint density at radius 1 is 1.65 bits per heavy atom. The third-order valence-electron chi connectivity index (χ3n) is 3.31. The highest BCUT2D eigenvalue weighted by Gasteiger charge is 2.36. The van der Waals surface area contributed by atoms with Crippen molar-refractivity contribution in [3.05, 3.63) is 23.9 Å². The van der Waals surface area contributed by atoms with E-state index < -0.39 is 0 Å². The summed E-state index contributed by atoms with van der Waals surface area (Å²) in [5, 5.41) is 2.98. The van der Waals surface area contributed by atoms with Crippen LogP contribution in [0.1, 0.15) is 29.6 Å². The normalized spacial score (nSPS) is 17.2. The van der Waals surface area contributed by atoms with E-state index >= 15 is 0 Å². The lowest BCUT2D eigenvalue weighted by molar-refractivity contribution is 0.0944. The third kappa shape index (κ3) is 2.72. The monoisotopic (exact) mass is 251 g/mol. The molecule has 1 aromatic heterocycles. The number of anilines is 1. The molecule has 2 rings (SSSR count). The van der Waals surface area contributed by atoms with E-state index in [2.05, 4.69) is 16.6 Å². The van der Waals surface area contributed by atoms with Gasteiger partial charge < -0.3 is 11.1 Å². The number of nitrogens with zero attached hydrogens (tertiary/aromatic N) is 1. The molecule has 1 fully saturated rings. The number of hydrogen-bond acceptors (Lipinski definition) is 4. The van der Waals surface area contributed by atoms with E-state index in [9.17, 15) is 4.79 Å². The Balaban J connectivity index is 1.93. The van der Waals surface area contributed by atoms with Crippen LogP contribution in [0.15, 0.2) is 18.3 Å². The molecule has 1 aliphatic rings. The van der Waals surface area contributed by atoms with Crippen molar-refractivity contribution in [2.24, 2.45) is 0 Å². The fourth-order valence-corrected chi connectivity index (χ4v) is 2.87. The van der Waals surface area contributed by atoms with Gasteiger partial charge in [-0.25, -0.2) is 4.98 Å². The smallest absolute Gasteiger partial charge is 0.251 e. The minimum Gasteiger partial charge on any atom is -0.384 e. The highest BCUT2D eigenvalue weighted by molar-refractivity contribution is 8.00. The molecular weight excluding hydrogens is 234 g/mol. The maximum atomic E-state index is 11.9. The number of carbonyl (C=O) groups excluding carboxylic acids is 1. The molecule has 0 bridgehead atoms. The number of amides is 1. The molecule has 4 nitrogen and oxygen atoms in total. The van der Waals surface area contributed by atoms with Crippen molar-refractivity contribution in [3.63, 3.8) is 0 Å². The van der Waals surface area contributed by atoms with Gasteiger partial charge in [0.1, 0.15) is 5.82 Å². The Bertz CT molecular complexity index is 412. The molecule has 0 radical (unpaired) electrons. The van der Waals surface area contributed by atoms with Crippen LogP contribution in [0.25, 0.3) is 0 Å². The summed E-state index contributed by atoms with van der Waals surface area (Å²) < 4.78 is 0.258. The minimum atomic E-state index is -0.0700. The van der Waals surface area contributed by atoms with Crippen LogP contribution in [0.4, 0.5) is 5.82 Å². The maximum absolute atomic E-state index is 11.9. The van der Waals surface area contributed by atoms with Crippen LogP contribution in [-0.2, 0) is 0 Å². The van der Waals surface area contributed by atoms with Gasteiger partial charge in [-0.2, -0.15) is 11.8 Å². The topological polar surface area (TPSA) is 68.0 Å². The molecular formula is C12H17N3OS. The highest BCUT2D eigenvalue weighted by Crippen LogP contribution is 2.42. The van der Waals surface area contributed by atoms with Gasteiger partial charge in [0.05, 0.1) is 0 Å². The second-order valence-corrected chi connectivity index (χ2v) is 5.67. The Labute approximate surface area is 105 Å². The number of nitrogens with two attached hydrogens (primary N) is 1. The van der Waals surface area contributed by atoms with E-state index in [0.29, 0.717) is 11.4 Å². The summed E-state index contributed by atoms with van der Waals surface area (Å²) in [6, 6.07) is 3.28. The summed E-state index contributed by atoms with van der Waals surface area (Å²) in [6.07, 6.45) is 7.30. The van der Waals surface area contributed by atoms with Gasteiger partial charge in [0.15, 0.2) is 0 Å². The van der Waals surface area contributed by atoms with Gasteiger partial charge in [-0.05, 0) is 31.2 Å². The zero-order valence-electron chi connectivity index (χ0n) is 9.90. The van der Waals surface area contributed by atoms with Crippen LogP contribution in [0.5, 0.6) is 0 Å². The summed E-state index contributed by atoms with van der Waals surface area (Å²) in [4.78, 5) is 15.8. The lowest BCUT2D eigenvalue weighted by Crippen LogP contribution is -2.45. The summed E-state index contributed by atoms with van der Waals surface area (Å²) >= 11 is 1.85. The number of carbonyl (C=O) groups is 1. The first-order valence-corrected chi connectivity index (χ1v) is 6.93. The van der Waals surface area contributed by atoms with Crippen LogP contribution in [-0.4, -0.2) is 28.4 Å². The van der Waals surface area contributed by atoms with Crippen molar-refractivity contribution >= 4 is 23.5 Å². The lowest BCUT2D eigenvalue weighted by atomic mass is 9.84. The first-order valence-electron chi connectivity index (χ1n) is 5.70. The number of hydrogen-bond donors (Lipinski definition) is 2. The number of aromatic nitrogens is 1. The predicted molar refractivity (Wildman–Crippen MR) is 71.1 cm³/mol. The van der Waals surface area contributed by atoms with Crippen LogP contribution in [0.3, 0.4) is 0 Å². The van der Waals surface area contributed by atoms with Crippen LogP contribution in [0.2, 0.25) is 0 Å². The average molecular weight is 251 g/mol. The first-order chi connectivity index (χ1) is 8.15. The minimum absolute atomic E-state index is 0.0700. The summed E-state index contributed by atoms with van der Waals surface area (Å²) in [5.41, 5.74) is 6.12. The van der Waals surface area contributed by atoms with E-state index in [1.54, 1.807) is 18.3 Å². The number of thioether (sulfide) groups is 1. The Morgan fingerprint density at radius 3 is 2.94 bits per heavy atom. The van der Waals surface area contributed by atoms with E-state index in [-0.39, 0.29) is 10.7 Å². The fraction of sp³-hybridized carbons (Fsp3) is 0.500. The molecule has 0 spiro atoms. The van der Waals surface area contributed by atoms with Crippen LogP contribution < -0.4 is 11.1 Å². The molecule has 17 heavy (non-hydrogen) atoms. The van der Waals surface area contributed by atoms with Gasteiger partial charge >= 0.3 is 0 Å². The number of nitrogens with one attached hydrogen (secondary N) is 1. The zero-order valence-corrected chi connectivity index (χ0v) is 10.7. The number of rotatable bonds is 4. The molecule has 1 aliphatic carbocycles. The molecule has 0 saturated heterocycles. The molecule has 3 N–H and O–H groups in total. The Hall–Kier alpha value is -1.23. The summed E-state index contributed by atoms with van der Waals surface area (Å²) in [5.74, 6) is 0.306. The van der Waals surface area contributed by atoms with E-state index in [1.165, 1.54) is 19.3 Å². The van der Waals surface area contributed by atoms with Gasteiger partial charge in [0.2, 0.25) is 0 Å². The van der Waals surface area contributed by atoms with Gasteiger partial charge in [-0.3, -0.25) is 4.79 Å². The number of nitrogen functional groups attached to an aromatic ring is 1. The molecule has 0 aliphatic heterocycles. The maximum Gasteiger partial charge on any atom is 0.251 e. The van der Waals surface area contributed by atoms with Crippen molar-refractivity contribution in [3.8, 4) is 0 Å². The van der Waals surface area contributed by atoms with Crippen LogP contribution in [0, 0.1) is 0 Å². The largest absolute Gasteiger partial charge is 0.384 e. The molecule has 5 heteroatoms. The van der Waals surface area contributed by atoms with Crippen molar-refractivity contribution < 1.29 is 4.79 Å². The molecule has 0 aromatic carbocycles. The van der Waals surface area contributed by atoms with Crippen molar-refractivity contribution in [2.75, 3.05) is 18.5 Å². The average Bonchev–Trinajstić information content (AvgIpc) is 2.28. The molecule has 1 saturated carbocycles. The Kier molecular flexibility index (Phi) is 3.57. The second-order valence-electron chi connectivity index (χ2n) is 4.39. The third-order valence-corrected chi connectivity index (χ3v) is 4.73. The van der Waals surface area contributed by atoms with Crippen molar-refractivity contribution in [1.29, 1.82) is 0 Å². The molecule has 1 aromatic rings. The highest BCUT2D eigenvalue weighted by atomic mass is 32.2. The number of pyridine rings is 1. The van der Waals surface area contributed by atoms with Crippen molar-refractivity contribution in [2.45, 2.75) is 24.0 Å². The standard InChI is InChI=1S/C12H17N3OS/c1-17-12(4-2-5-12)8-15-11(16)9-3-6-14-10(13)7-9/h3,6-7H,2,4-5,8H2,1H3,(H2,13,14)(H,15,16). The first kappa shape index (κ1) is 12.2. The zero-order chi connectivity index (χ0) is 12.3. The molecule has 0 unspecified atom stereocenters. The van der Waals surface area contributed by atoms with Gasteiger partial charge in [0.25, 0.3) is 5.91 Å². The van der Waals surface area contributed by atoms with Gasteiger partial charge in [-0.15, -0.1) is 0 Å². The van der Waals surface area contributed by atoms with Crippen molar-refractivity contribution in [1.82, 2.24) is 10.3 Å². The van der Waals surface area contributed by atoms with E-state index in [4.69, 9.17) is 5.73 Å². The molecule has 1 amide bonds. The molecule has 0 atom stereocenters. The Morgan fingerprint density at radius 2 is 2.41 bits per heavy atom. The quantitative estimate of drug-likeness (QED) is 0.854. The lowest BCUT2D eigenvalue weighted by Gasteiger charge is -2.40. The SMILES string of the molecule is CSC1(CNC(=O)c2ccnc(N)c2)CCC1. The van der Waals surface area contributed by atoms with E-state index in [0.717, 1.165) is 6.54 Å². The second kappa shape index (κ2) is 4.96. The van der Waals surface area contributed by atoms with Gasteiger partial charge in [-0.1, -0.05) is 6.42 Å². The molecule has 92 valence electrons. The summed E-state index contributed by atoms with van der Waals surface area (Å²) in [6.45, 7) is 0.731. The molecule has 1 heterocycles. The predicted octanol–water partition coefficient (Wildman–Crippen LogP) is 1.68. The fourth-order valence-electron chi connectivity index (χ4n) is 1.96. The van der Waals surface area contributed by atoms with Gasteiger partial charge in [0, 0.05) is 23.1 Å². The summed E-state index contributed by atoms with van der Waals surface area (Å²) in [7, 11) is 0. The van der Waals surface area contributed by atoms with E-state index in [1.807, 2.05) is 11.8 Å². The van der Waals surface area contributed by atoms with Crippen LogP contribution >= 0.6 is 11.8 Å².